The molecule has 3 rings (SSSR count). The monoisotopic (exact) mass is 374 g/mol. The number of alkyl halides is 6. The Morgan fingerprint density at radius 2 is 1.76 bits per heavy atom. The lowest BCUT2D eigenvalue weighted by atomic mass is 9.43. The van der Waals surface area contributed by atoms with E-state index in [0.29, 0.717) is 18.9 Å². The zero-order valence-electron chi connectivity index (χ0n) is 13.8. The third kappa shape index (κ3) is 2.94. The Kier molecular flexibility index (Phi) is 4.51. The molecule has 9 heteroatoms. The smallest absolute Gasteiger partial charge is 0.426 e. The van der Waals surface area contributed by atoms with Crippen LogP contribution in [0.1, 0.15) is 39.5 Å². The molecular weight excluding hydrogens is 354 g/mol. The molecule has 0 amide bonds. The fraction of sp³-hybridized carbons (Fsp3) is 0.812. The third-order valence-corrected chi connectivity index (χ3v) is 5.99. The second-order valence-corrected chi connectivity index (χ2v) is 7.57. The van der Waals surface area contributed by atoms with Crippen LogP contribution in [0.25, 0.3) is 0 Å². The molecule has 3 fully saturated rings. The largest absolute Gasteiger partial charge is 0.455 e. The van der Waals surface area contributed by atoms with Gasteiger partial charge in [-0.1, -0.05) is 20.4 Å². The Morgan fingerprint density at radius 3 is 2.12 bits per heavy atom. The summed E-state index contributed by atoms with van der Waals surface area (Å²) in [6.45, 7) is 6.59. The number of fused-ring (bicyclic) bond motifs is 2. The van der Waals surface area contributed by atoms with Crippen molar-refractivity contribution < 1.29 is 41.0 Å². The van der Waals surface area contributed by atoms with Crippen molar-refractivity contribution in [3.05, 3.63) is 12.7 Å². The topological polar surface area (TPSA) is 46.5 Å². The molecule has 0 aromatic rings. The van der Waals surface area contributed by atoms with Crippen LogP contribution in [0.4, 0.5) is 26.3 Å². The van der Waals surface area contributed by atoms with Crippen LogP contribution >= 0.6 is 0 Å². The number of esters is 1. The average Bonchev–Trinajstić information content (AvgIpc) is 2.44. The van der Waals surface area contributed by atoms with Crippen molar-refractivity contribution in [2.75, 3.05) is 0 Å². The third-order valence-electron chi connectivity index (χ3n) is 5.99. The van der Waals surface area contributed by atoms with Crippen molar-refractivity contribution in [3.63, 3.8) is 0 Å². The molecule has 0 spiro atoms. The zero-order chi connectivity index (χ0) is 19.5. The minimum absolute atomic E-state index is 0.137. The molecule has 1 N–H and O–H groups in total. The van der Waals surface area contributed by atoms with Crippen molar-refractivity contribution in [2.45, 2.75) is 63.1 Å². The van der Waals surface area contributed by atoms with Crippen LogP contribution in [-0.4, -0.2) is 34.6 Å². The quantitative estimate of drug-likeness (QED) is 0.457. The van der Waals surface area contributed by atoms with E-state index in [1.165, 1.54) is 0 Å². The van der Waals surface area contributed by atoms with E-state index < -0.39 is 47.3 Å². The van der Waals surface area contributed by atoms with Crippen LogP contribution in [0.2, 0.25) is 0 Å². The molecule has 2 bridgehead atoms. The van der Waals surface area contributed by atoms with Gasteiger partial charge >= 0.3 is 18.3 Å². The first kappa shape index (κ1) is 20.1. The van der Waals surface area contributed by atoms with E-state index in [4.69, 9.17) is 4.74 Å². The van der Waals surface area contributed by atoms with E-state index in [1.807, 2.05) is 0 Å². The fourth-order valence-electron chi connectivity index (χ4n) is 4.40. The molecule has 0 heterocycles. The van der Waals surface area contributed by atoms with E-state index in [1.54, 1.807) is 13.8 Å². The highest BCUT2D eigenvalue weighted by atomic mass is 19.4. The average molecular weight is 374 g/mol. The van der Waals surface area contributed by atoms with E-state index in [0.717, 1.165) is 0 Å². The standard InChI is InChI=1S/C16H20F6O3/c1-4-11(23)25-13(6-5-9-7-10(13)12(9,2)3)8-14(24,15(17,18)19)16(20,21)22/h4,9-10,24H,1,5-8H2,2-3H3. The molecule has 0 aliphatic heterocycles. The first-order chi connectivity index (χ1) is 11.1. The number of ether oxygens (including phenoxy) is 1. The summed E-state index contributed by atoms with van der Waals surface area (Å²) in [5, 5.41) is 9.63. The first-order valence-electron chi connectivity index (χ1n) is 7.82. The van der Waals surface area contributed by atoms with Gasteiger partial charge in [-0.25, -0.2) is 4.79 Å². The SMILES string of the molecule is C=CC(=O)OC1(CC(O)(C(F)(F)F)C(F)(F)F)CCC2CC1C2(C)C. The summed E-state index contributed by atoms with van der Waals surface area (Å²) in [7, 11) is 0. The van der Waals surface area contributed by atoms with Crippen molar-refractivity contribution in [1.82, 2.24) is 0 Å². The minimum Gasteiger partial charge on any atom is -0.455 e. The van der Waals surface area contributed by atoms with Gasteiger partial charge in [-0.05, 0) is 30.6 Å². The van der Waals surface area contributed by atoms with Crippen molar-refractivity contribution in [2.24, 2.45) is 17.3 Å². The summed E-state index contributed by atoms with van der Waals surface area (Å²) in [6.07, 6.45) is -12.5. The number of carbonyl (C=O) groups is 1. The number of halogens is 6. The second-order valence-electron chi connectivity index (χ2n) is 7.57. The van der Waals surface area contributed by atoms with Crippen LogP contribution in [0.5, 0.6) is 0 Å². The molecule has 3 saturated carbocycles. The van der Waals surface area contributed by atoms with Crippen LogP contribution < -0.4 is 0 Å². The Bertz CT molecular complexity index is 549. The summed E-state index contributed by atoms with van der Waals surface area (Å²) in [5.41, 5.74) is -7.60. The van der Waals surface area contributed by atoms with Crippen LogP contribution in [0, 0.1) is 17.3 Å². The maximum atomic E-state index is 13.1. The van der Waals surface area contributed by atoms with Crippen LogP contribution in [0.15, 0.2) is 12.7 Å². The number of carbonyl (C=O) groups excluding carboxylic acids is 1. The summed E-state index contributed by atoms with van der Waals surface area (Å²) in [4.78, 5) is 11.7. The van der Waals surface area contributed by atoms with E-state index in [2.05, 4.69) is 6.58 Å². The van der Waals surface area contributed by atoms with Gasteiger partial charge in [-0.2, -0.15) is 26.3 Å². The number of aliphatic hydroxyl groups is 1. The molecule has 3 atom stereocenters. The van der Waals surface area contributed by atoms with E-state index in [-0.39, 0.29) is 12.3 Å². The van der Waals surface area contributed by atoms with Gasteiger partial charge in [0.15, 0.2) is 0 Å². The number of rotatable bonds is 4. The van der Waals surface area contributed by atoms with Crippen molar-refractivity contribution in [1.29, 1.82) is 0 Å². The van der Waals surface area contributed by atoms with Crippen molar-refractivity contribution >= 4 is 5.97 Å². The maximum Gasteiger partial charge on any atom is 0.426 e. The molecule has 0 aromatic heterocycles. The number of hydrogen-bond donors (Lipinski definition) is 1. The second kappa shape index (κ2) is 5.62. The minimum atomic E-state index is -5.95. The molecule has 0 aromatic carbocycles. The highest BCUT2D eigenvalue weighted by Crippen LogP contribution is 2.66. The summed E-state index contributed by atoms with van der Waals surface area (Å²) in [6, 6.07) is 0. The highest BCUT2D eigenvalue weighted by Gasteiger charge is 2.75. The molecule has 3 nitrogen and oxygen atoms in total. The molecule has 3 unspecified atom stereocenters. The molecule has 3 aliphatic rings. The van der Waals surface area contributed by atoms with Gasteiger partial charge in [-0.15, -0.1) is 0 Å². The van der Waals surface area contributed by atoms with Gasteiger partial charge in [0, 0.05) is 18.4 Å². The maximum absolute atomic E-state index is 13.1. The van der Waals surface area contributed by atoms with Gasteiger partial charge in [0.05, 0.1) is 0 Å². The first-order valence-corrected chi connectivity index (χ1v) is 7.82. The molecule has 3 aliphatic carbocycles. The number of hydrogen-bond acceptors (Lipinski definition) is 3. The molecule has 144 valence electrons. The van der Waals surface area contributed by atoms with Crippen molar-refractivity contribution in [3.8, 4) is 0 Å². The molecule has 25 heavy (non-hydrogen) atoms. The summed E-state index contributed by atoms with van der Waals surface area (Å²) >= 11 is 0. The molecular formula is C16H20F6O3. The van der Waals surface area contributed by atoms with Gasteiger partial charge in [-0.3, -0.25) is 0 Å². The lowest BCUT2D eigenvalue weighted by Crippen LogP contribution is -2.68. The summed E-state index contributed by atoms with van der Waals surface area (Å²) in [5.74, 6) is -1.68. The Labute approximate surface area is 141 Å². The Hall–Kier alpha value is -1.25. The molecule has 0 saturated heterocycles. The lowest BCUT2D eigenvalue weighted by molar-refractivity contribution is -0.385. The predicted molar refractivity (Wildman–Crippen MR) is 75.3 cm³/mol. The fourth-order valence-corrected chi connectivity index (χ4v) is 4.40. The normalized spacial score (nSPS) is 31.9. The van der Waals surface area contributed by atoms with Gasteiger partial charge in [0.25, 0.3) is 5.60 Å². The van der Waals surface area contributed by atoms with E-state index >= 15 is 0 Å². The predicted octanol–water partition coefficient (Wildman–Crippen LogP) is 4.16. The lowest BCUT2D eigenvalue weighted by Gasteiger charge is -2.65. The van der Waals surface area contributed by atoms with Gasteiger partial charge in [0.2, 0.25) is 0 Å². The Morgan fingerprint density at radius 1 is 1.24 bits per heavy atom. The van der Waals surface area contributed by atoms with E-state index in [9.17, 15) is 36.2 Å². The van der Waals surface area contributed by atoms with Crippen LogP contribution in [0.3, 0.4) is 0 Å². The van der Waals surface area contributed by atoms with Crippen LogP contribution in [-0.2, 0) is 9.53 Å². The molecule has 0 radical (unpaired) electrons. The Balaban J connectivity index is 2.50. The van der Waals surface area contributed by atoms with Gasteiger partial charge in [0.1, 0.15) is 5.60 Å². The highest BCUT2D eigenvalue weighted by molar-refractivity contribution is 5.81. The zero-order valence-corrected chi connectivity index (χ0v) is 13.8. The summed E-state index contributed by atoms with van der Waals surface area (Å²) < 4.78 is 84.0. The van der Waals surface area contributed by atoms with Gasteiger partial charge < -0.3 is 9.84 Å².